The summed E-state index contributed by atoms with van der Waals surface area (Å²) in [7, 11) is 0. The van der Waals surface area contributed by atoms with Crippen LogP contribution in [-0.4, -0.2) is 29.9 Å². The lowest BCUT2D eigenvalue weighted by molar-refractivity contribution is -0.130. The van der Waals surface area contributed by atoms with Gasteiger partial charge in [-0.25, -0.2) is 0 Å². The molecule has 70 valence electrons. The molecule has 0 aromatic carbocycles. The van der Waals surface area contributed by atoms with Crippen LogP contribution < -0.4 is 5.73 Å². The topological polar surface area (TPSA) is 46.3 Å². The highest BCUT2D eigenvalue weighted by Crippen LogP contribution is 1.96. The van der Waals surface area contributed by atoms with Gasteiger partial charge in [-0.1, -0.05) is 6.08 Å². The lowest BCUT2D eigenvalue weighted by atomic mass is 10.2. The van der Waals surface area contributed by atoms with Crippen LogP contribution in [0.4, 0.5) is 0 Å². The molecule has 3 nitrogen and oxygen atoms in total. The molecular formula is C9H18N2O. The fraction of sp³-hybridized carbons (Fsp3) is 0.667. The van der Waals surface area contributed by atoms with Gasteiger partial charge in [0.2, 0.25) is 5.91 Å². The summed E-state index contributed by atoms with van der Waals surface area (Å²) in [5.41, 5.74) is 5.51. The molecule has 0 spiro atoms. The van der Waals surface area contributed by atoms with Crippen LogP contribution in [0.25, 0.3) is 0 Å². The lowest BCUT2D eigenvalue weighted by Gasteiger charge is -2.19. The van der Waals surface area contributed by atoms with E-state index in [2.05, 4.69) is 6.58 Å². The Hall–Kier alpha value is -0.830. The number of rotatable bonds is 5. The van der Waals surface area contributed by atoms with E-state index in [9.17, 15) is 4.79 Å². The molecule has 0 radical (unpaired) electrons. The predicted molar refractivity (Wildman–Crippen MR) is 50.7 cm³/mol. The van der Waals surface area contributed by atoms with Crippen LogP contribution in [0.3, 0.4) is 0 Å². The molecule has 1 amide bonds. The molecule has 3 heteroatoms. The van der Waals surface area contributed by atoms with E-state index in [0.29, 0.717) is 13.0 Å². The smallest absolute Gasteiger partial charge is 0.224 e. The van der Waals surface area contributed by atoms with Gasteiger partial charge >= 0.3 is 0 Å². The molecule has 0 saturated heterocycles. The van der Waals surface area contributed by atoms with Gasteiger partial charge in [0.25, 0.3) is 0 Å². The zero-order valence-electron chi connectivity index (χ0n) is 7.92. The quantitative estimate of drug-likeness (QED) is 0.619. The Bertz CT molecular complexity index is 155. The minimum Gasteiger partial charge on any atom is -0.339 e. The second-order valence-electron chi connectivity index (χ2n) is 2.90. The van der Waals surface area contributed by atoms with E-state index in [1.54, 1.807) is 11.0 Å². The summed E-state index contributed by atoms with van der Waals surface area (Å²) in [4.78, 5) is 13.1. The molecule has 0 saturated carbocycles. The van der Waals surface area contributed by atoms with Crippen LogP contribution in [-0.2, 0) is 4.79 Å². The van der Waals surface area contributed by atoms with Crippen molar-refractivity contribution >= 4 is 5.91 Å². The van der Waals surface area contributed by atoms with E-state index in [-0.39, 0.29) is 11.9 Å². The highest BCUT2D eigenvalue weighted by atomic mass is 16.2. The van der Waals surface area contributed by atoms with E-state index >= 15 is 0 Å². The molecule has 0 aliphatic rings. The van der Waals surface area contributed by atoms with Crippen LogP contribution in [0.15, 0.2) is 12.7 Å². The molecule has 0 fully saturated rings. The number of nitrogens with zero attached hydrogens (tertiary/aromatic N) is 1. The SMILES string of the molecule is C=CCN(CC)C(=O)CC(C)N. The number of hydrogen-bond donors (Lipinski definition) is 1. The van der Waals surface area contributed by atoms with Crippen molar-refractivity contribution in [2.24, 2.45) is 5.73 Å². The summed E-state index contributed by atoms with van der Waals surface area (Å²) in [6.07, 6.45) is 2.14. The third-order valence-corrected chi connectivity index (χ3v) is 1.58. The Balaban J connectivity index is 3.93. The Kier molecular flexibility index (Phi) is 5.37. The van der Waals surface area contributed by atoms with Crippen LogP contribution in [0.2, 0.25) is 0 Å². The van der Waals surface area contributed by atoms with E-state index < -0.39 is 0 Å². The first-order valence-electron chi connectivity index (χ1n) is 4.26. The van der Waals surface area contributed by atoms with Crippen molar-refractivity contribution in [2.75, 3.05) is 13.1 Å². The number of hydrogen-bond acceptors (Lipinski definition) is 2. The standard InChI is InChI=1S/C9H18N2O/c1-4-6-11(5-2)9(12)7-8(3)10/h4,8H,1,5-7,10H2,2-3H3. The van der Waals surface area contributed by atoms with Crippen LogP contribution in [0.5, 0.6) is 0 Å². The van der Waals surface area contributed by atoms with Crippen molar-refractivity contribution in [2.45, 2.75) is 26.3 Å². The summed E-state index contributed by atoms with van der Waals surface area (Å²) in [5.74, 6) is 0.104. The largest absolute Gasteiger partial charge is 0.339 e. The van der Waals surface area contributed by atoms with Gasteiger partial charge in [0.1, 0.15) is 0 Å². The van der Waals surface area contributed by atoms with Crippen molar-refractivity contribution < 1.29 is 4.79 Å². The Morgan fingerprint density at radius 1 is 1.75 bits per heavy atom. The molecule has 0 aliphatic heterocycles. The fourth-order valence-electron chi connectivity index (χ4n) is 0.968. The van der Waals surface area contributed by atoms with E-state index in [1.165, 1.54) is 0 Å². The Morgan fingerprint density at radius 3 is 2.67 bits per heavy atom. The number of likely N-dealkylation sites (N-methyl/N-ethyl adjacent to an activating group) is 1. The summed E-state index contributed by atoms with van der Waals surface area (Å²) < 4.78 is 0. The highest BCUT2D eigenvalue weighted by molar-refractivity contribution is 5.76. The van der Waals surface area contributed by atoms with Gasteiger partial charge in [-0.2, -0.15) is 0 Å². The van der Waals surface area contributed by atoms with Crippen molar-refractivity contribution in [3.05, 3.63) is 12.7 Å². The summed E-state index contributed by atoms with van der Waals surface area (Å²) in [5, 5.41) is 0. The van der Waals surface area contributed by atoms with Crippen molar-refractivity contribution in [3.8, 4) is 0 Å². The molecule has 0 bridgehead atoms. The van der Waals surface area contributed by atoms with Gasteiger partial charge in [-0.05, 0) is 13.8 Å². The molecule has 0 aliphatic carbocycles. The Labute approximate surface area is 74.2 Å². The zero-order valence-corrected chi connectivity index (χ0v) is 7.92. The monoisotopic (exact) mass is 170 g/mol. The number of carbonyl (C=O) groups excluding carboxylic acids is 1. The van der Waals surface area contributed by atoms with Crippen molar-refractivity contribution in [3.63, 3.8) is 0 Å². The van der Waals surface area contributed by atoms with E-state index in [0.717, 1.165) is 6.54 Å². The third-order valence-electron chi connectivity index (χ3n) is 1.58. The normalized spacial score (nSPS) is 12.2. The molecule has 0 aromatic rings. The van der Waals surface area contributed by atoms with Gasteiger partial charge in [-0.3, -0.25) is 4.79 Å². The highest BCUT2D eigenvalue weighted by Gasteiger charge is 2.11. The predicted octanol–water partition coefficient (Wildman–Crippen LogP) is 0.758. The summed E-state index contributed by atoms with van der Waals surface area (Å²) in [6, 6.07) is -0.0589. The van der Waals surface area contributed by atoms with Gasteiger partial charge in [-0.15, -0.1) is 6.58 Å². The molecule has 12 heavy (non-hydrogen) atoms. The number of nitrogens with two attached hydrogens (primary N) is 1. The second kappa shape index (κ2) is 5.77. The van der Waals surface area contributed by atoms with Crippen LogP contribution in [0.1, 0.15) is 20.3 Å². The molecule has 0 aromatic heterocycles. The van der Waals surface area contributed by atoms with Gasteiger partial charge in [0.15, 0.2) is 0 Å². The maximum atomic E-state index is 11.4. The lowest BCUT2D eigenvalue weighted by Crippen LogP contribution is -2.34. The first kappa shape index (κ1) is 11.2. The maximum Gasteiger partial charge on any atom is 0.224 e. The fourth-order valence-corrected chi connectivity index (χ4v) is 0.968. The number of carbonyl (C=O) groups is 1. The van der Waals surface area contributed by atoms with E-state index in [1.807, 2.05) is 13.8 Å². The molecule has 0 rings (SSSR count). The van der Waals surface area contributed by atoms with Crippen LogP contribution >= 0.6 is 0 Å². The van der Waals surface area contributed by atoms with Crippen molar-refractivity contribution in [1.29, 1.82) is 0 Å². The maximum absolute atomic E-state index is 11.4. The van der Waals surface area contributed by atoms with Gasteiger partial charge in [0, 0.05) is 25.6 Å². The molecular weight excluding hydrogens is 152 g/mol. The first-order valence-corrected chi connectivity index (χ1v) is 4.26. The van der Waals surface area contributed by atoms with Crippen LogP contribution in [0, 0.1) is 0 Å². The molecule has 0 heterocycles. The average molecular weight is 170 g/mol. The van der Waals surface area contributed by atoms with Gasteiger partial charge < -0.3 is 10.6 Å². The second-order valence-corrected chi connectivity index (χ2v) is 2.90. The zero-order chi connectivity index (χ0) is 9.56. The third kappa shape index (κ3) is 4.13. The molecule has 2 N–H and O–H groups in total. The van der Waals surface area contributed by atoms with Crippen molar-refractivity contribution in [1.82, 2.24) is 4.90 Å². The first-order chi connectivity index (χ1) is 5.61. The van der Waals surface area contributed by atoms with Gasteiger partial charge in [0.05, 0.1) is 0 Å². The molecule has 1 unspecified atom stereocenters. The van der Waals surface area contributed by atoms with E-state index in [4.69, 9.17) is 5.73 Å². The summed E-state index contributed by atoms with van der Waals surface area (Å²) >= 11 is 0. The Morgan fingerprint density at radius 2 is 2.33 bits per heavy atom. The number of amides is 1. The minimum absolute atomic E-state index is 0.0589. The molecule has 1 atom stereocenters. The minimum atomic E-state index is -0.0589. The summed E-state index contributed by atoms with van der Waals surface area (Å²) in [6.45, 7) is 8.70. The average Bonchev–Trinajstić information content (AvgIpc) is 1.98.